The van der Waals surface area contributed by atoms with Crippen LogP contribution in [0.4, 0.5) is 0 Å². The predicted octanol–water partition coefficient (Wildman–Crippen LogP) is 0.706. The highest BCUT2D eigenvalue weighted by molar-refractivity contribution is 5.87. The molecule has 0 rings (SSSR count). The van der Waals surface area contributed by atoms with Crippen LogP contribution in [0.15, 0.2) is 0 Å². The lowest BCUT2D eigenvalue weighted by Gasteiger charge is -2.04. The Labute approximate surface area is 65.4 Å². The molecule has 0 aromatic carbocycles. The standard InChI is InChI=1S/C7H12O4/c1-3-6(5-8)7(9)11-10-4-2/h5-6H,3-4H2,1-2H3. The molecule has 11 heavy (non-hydrogen) atoms. The van der Waals surface area contributed by atoms with Gasteiger partial charge in [0.05, 0.1) is 6.61 Å². The first kappa shape index (κ1) is 10.1. The van der Waals surface area contributed by atoms with Crippen LogP contribution in [0.25, 0.3) is 0 Å². The van der Waals surface area contributed by atoms with Gasteiger partial charge in [0.15, 0.2) is 0 Å². The molecule has 1 unspecified atom stereocenters. The third kappa shape index (κ3) is 3.72. The Morgan fingerprint density at radius 3 is 2.55 bits per heavy atom. The Kier molecular flexibility index (Phi) is 5.37. The zero-order valence-corrected chi connectivity index (χ0v) is 6.70. The van der Waals surface area contributed by atoms with E-state index in [4.69, 9.17) is 0 Å². The molecule has 0 heterocycles. The third-order valence-electron chi connectivity index (χ3n) is 1.17. The van der Waals surface area contributed by atoms with E-state index in [2.05, 4.69) is 9.78 Å². The van der Waals surface area contributed by atoms with E-state index in [0.717, 1.165) is 0 Å². The quantitative estimate of drug-likeness (QED) is 0.257. The van der Waals surface area contributed by atoms with Crippen molar-refractivity contribution in [2.45, 2.75) is 20.3 Å². The van der Waals surface area contributed by atoms with Gasteiger partial charge in [0.1, 0.15) is 12.2 Å². The number of carbonyl (C=O) groups excluding carboxylic acids is 2. The molecule has 64 valence electrons. The number of hydrogen-bond acceptors (Lipinski definition) is 4. The molecule has 0 saturated heterocycles. The van der Waals surface area contributed by atoms with Gasteiger partial charge < -0.3 is 4.79 Å². The van der Waals surface area contributed by atoms with Crippen LogP contribution < -0.4 is 0 Å². The van der Waals surface area contributed by atoms with Gasteiger partial charge in [-0.1, -0.05) is 6.92 Å². The average molecular weight is 160 g/mol. The maximum absolute atomic E-state index is 10.8. The van der Waals surface area contributed by atoms with E-state index in [-0.39, 0.29) is 0 Å². The highest BCUT2D eigenvalue weighted by Crippen LogP contribution is 2.01. The molecule has 0 aromatic heterocycles. The van der Waals surface area contributed by atoms with Gasteiger partial charge in [-0.15, -0.1) is 0 Å². The maximum atomic E-state index is 10.8. The molecule has 0 saturated carbocycles. The van der Waals surface area contributed by atoms with Crippen LogP contribution >= 0.6 is 0 Å². The zero-order chi connectivity index (χ0) is 8.69. The second kappa shape index (κ2) is 5.85. The summed E-state index contributed by atoms with van der Waals surface area (Å²) in [7, 11) is 0. The highest BCUT2D eigenvalue weighted by atomic mass is 17.2. The average Bonchev–Trinajstić information content (AvgIpc) is 2.03. The minimum atomic E-state index is -0.693. The summed E-state index contributed by atoms with van der Waals surface area (Å²) >= 11 is 0. The minimum Gasteiger partial charge on any atom is -0.302 e. The van der Waals surface area contributed by atoms with Gasteiger partial charge in [-0.05, 0) is 13.3 Å². The fourth-order valence-corrected chi connectivity index (χ4v) is 0.497. The van der Waals surface area contributed by atoms with Crippen LogP contribution in [-0.4, -0.2) is 18.9 Å². The van der Waals surface area contributed by atoms with Crippen LogP contribution in [-0.2, 0) is 19.4 Å². The van der Waals surface area contributed by atoms with Crippen LogP contribution in [0, 0.1) is 5.92 Å². The van der Waals surface area contributed by atoms with Crippen molar-refractivity contribution >= 4 is 12.3 Å². The summed E-state index contributed by atoms with van der Waals surface area (Å²) in [5, 5.41) is 0. The van der Waals surface area contributed by atoms with Crippen molar-refractivity contribution in [3.05, 3.63) is 0 Å². The van der Waals surface area contributed by atoms with Crippen molar-refractivity contribution in [3.63, 3.8) is 0 Å². The number of hydrogen-bond donors (Lipinski definition) is 0. The monoisotopic (exact) mass is 160 g/mol. The first-order valence-corrected chi connectivity index (χ1v) is 3.54. The largest absolute Gasteiger partial charge is 0.352 e. The smallest absolute Gasteiger partial charge is 0.302 e. The molecule has 0 aromatic rings. The van der Waals surface area contributed by atoms with Crippen molar-refractivity contribution in [3.8, 4) is 0 Å². The van der Waals surface area contributed by atoms with Crippen LogP contribution in [0.2, 0.25) is 0 Å². The van der Waals surface area contributed by atoms with E-state index in [1.54, 1.807) is 13.8 Å². The number of rotatable bonds is 5. The van der Waals surface area contributed by atoms with Gasteiger partial charge in [-0.2, -0.15) is 4.89 Å². The summed E-state index contributed by atoms with van der Waals surface area (Å²) in [6.07, 6.45) is 0.997. The first-order chi connectivity index (χ1) is 5.26. The SMILES string of the molecule is CCOOC(=O)C(C=O)CC. The summed E-state index contributed by atoms with van der Waals surface area (Å²) < 4.78 is 0. The van der Waals surface area contributed by atoms with Crippen molar-refractivity contribution < 1.29 is 19.4 Å². The molecular weight excluding hydrogens is 148 g/mol. The van der Waals surface area contributed by atoms with Crippen molar-refractivity contribution in [1.29, 1.82) is 0 Å². The van der Waals surface area contributed by atoms with Gasteiger partial charge in [0.2, 0.25) is 0 Å². The van der Waals surface area contributed by atoms with E-state index in [0.29, 0.717) is 19.3 Å². The molecule has 4 heteroatoms. The van der Waals surface area contributed by atoms with Gasteiger partial charge in [-0.3, -0.25) is 4.89 Å². The topological polar surface area (TPSA) is 52.6 Å². The zero-order valence-electron chi connectivity index (χ0n) is 6.70. The lowest BCUT2D eigenvalue weighted by Crippen LogP contribution is -2.18. The molecule has 0 radical (unpaired) electrons. The second-order valence-electron chi connectivity index (χ2n) is 1.96. The molecule has 0 spiro atoms. The summed E-state index contributed by atoms with van der Waals surface area (Å²) in [6.45, 7) is 3.71. The minimum absolute atomic E-state index is 0.293. The van der Waals surface area contributed by atoms with Crippen LogP contribution in [0.1, 0.15) is 20.3 Å². The van der Waals surface area contributed by atoms with E-state index >= 15 is 0 Å². The Bertz CT molecular complexity index is 132. The normalized spacial score (nSPS) is 12.2. The van der Waals surface area contributed by atoms with Crippen molar-refractivity contribution in [2.75, 3.05) is 6.61 Å². The van der Waals surface area contributed by atoms with Gasteiger partial charge in [0.25, 0.3) is 0 Å². The molecule has 0 aliphatic rings. The van der Waals surface area contributed by atoms with Crippen molar-refractivity contribution in [2.24, 2.45) is 5.92 Å². The van der Waals surface area contributed by atoms with Crippen molar-refractivity contribution in [1.82, 2.24) is 0 Å². The Morgan fingerprint density at radius 1 is 1.55 bits per heavy atom. The van der Waals surface area contributed by atoms with E-state index in [1.165, 1.54) is 0 Å². The van der Waals surface area contributed by atoms with E-state index in [1.807, 2.05) is 0 Å². The third-order valence-corrected chi connectivity index (χ3v) is 1.17. The summed E-state index contributed by atoms with van der Waals surface area (Å²) in [6, 6.07) is 0. The molecule has 4 nitrogen and oxygen atoms in total. The number of carbonyl (C=O) groups is 2. The molecule has 0 amide bonds. The first-order valence-electron chi connectivity index (χ1n) is 3.54. The van der Waals surface area contributed by atoms with Crippen LogP contribution in [0.5, 0.6) is 0 Å². The maximum Gasteiger partial charge on any atom is 0.352 e. The molecule has 0 aliphatic carbocycles. The summed E-state index contributed by atoms with van der Waals surface area (Å²) in [5.41, 5.74) is 0. The Morgan fingerprint density at radius 2 is 2.18 bits per heavy atom. The second-order valence-corrected chi connectivity index (χ2v) is 1.96. The Balaban J connectivity index is 3.69. The van der Waals surface area contributed by atoms with E-state index in [9.17, 15) is 9.59 Å². The lowest BCUT2D eigenvalue weighted by atomic mass is 10.1. The van der Waals surface area contributed by atoms with Gasteiger partial charge in [-0.25, -0.2) is 4.79 Å². The predicted molar refractivity (Wildman–Crippen MR) is 37.6 cm³/mol. The summed E-state index contributed by atoms with van der Waals surface area (Å²) in [5.74, 6) is -1.31. The molecule has 0 N–H and O–H groups in total. The molecule has 0 aliphatic heterocycles. The van der Waals surface area contributed by atoms with Gasteiger partial charge in [0, 0.05) is 0 Å². The fourth-order valence-electron chi connectivity index (χ4n) is 0.497. The summed E-state index contributed by atoms with van der Waals surface area (Å²) in [4.78, 5) is 29.6. The van der Waals surface area contributed by atoms with Crippen LogP contribution in [0.3, 0.4) is 0 Å². The molecular formula is C7H12O4. The lowest BCUT2D eigenvalue weighted by molar-refractivity contribution is -0.272. The highest BCUT2D eigenvalue weighted by Gasteiger charge is 2.17. The van der Waals surface area contributed by atoms with Gasteiger partial charge >= 0.3 is 5.97 Å². The molecule has 1 atom stereocenters. The fraction of sp³-hybridized carbons (Fsp3) is 0.714. The molecule has 0 fully saturated rings. The number of aldehydes is 1. The Hall–Kier alpha value is -0.900. The van der Waals surface area contributed by atoms with E-state index < -0.39 is 11.9 Å². The molecule has 0 bridgehead atoms.